The van der Waals surface area contributed by atoms with Crippen molar-refractivity contribution in [3.8, 4) is 11.3 Å². The topological polar surface area (TPSA) is 28.7 Å². The monoisotopic (exact) mass is 248 g/mol. The Labute approximate surface area is 107 Å². The van der Waals surface area contributed by atoms with Gasteiger partial charge in [0.25, 0.3) is 0 Å². The average Bonchev–Trinajstić information content (AvgIpc) is 2.75. The molecule has 0 fully saturated rings. The summed E-state index contributed by atoms with van der Waals surface area (Å²) in [5, 5.41) is 0. The standard InChI is InChI=1S/C14H17ClN2/c1-9-4-5-12(11(3)10(9)2)13-8-16-14(17-13)6-7-15/h4-5,8H,6-7H2,1-3H3,(H,16,17). The van der Waals surface area contributed by atoms with Gasteiger partial charge in [0.05, 0.1) is 11.9 Å². The lowest BCUT2D eigenvalue weighted by atomic mass is 9.97. The number of aromatic amines is 1. The molecule has 0 saturated heterocycles. The van der Waals surface area contributed by atoms with E-state index in [0.29, 0.717) is 5.88 Å². The van der Waals surface area contributed by atoms with E-state index < -0.39 is 0 Å². The highest BCUT2D eigenvalue weighted by atomic mass is 35.5. The van der Waals surface area contributed by atoms with Gasteiger partial charge in [-0.25, -0.2) is 4.98 Å². The number of halogens is 1. The van der Waals surface area contributed by atoms with Gasteiger partial charge in [-0.15, -0.1) is 11.6 Å². The van der Waals surface area contributed by atoms with Crippen molar-refractivity contribution in [2.24, 2.45) is 0 Å². The van der Waals surface area contributed by atoms with Gasteiger partial charge < -0.3 is 4.98 Å². The Kier molecular flexibility index (Phi) is 3.53. The van der Waals surface area contributed by atoms with Crippen LogP contribution in [-0.2, 0) is 6.42 Å². The fraction of sp³-hybridized carbons (Fsp3) is 0.357. The van der Waals surface area contributed by atoms with Crippen molar-refractivity contribution in [2.75, 3.05) is 5.88 Å². The maximum Gasteiger partial charge on any atom is 0.107 e. The molecule has 1 N–H and O–H groups in total. The van der Waals surface area contributed by atoms with Crippen LogP contribution < -0.4 is 0 Å². The molecule has 0 unspecified atom stereocenters. The van der Waals surface area contributed by atoms with Gasteiger partial charge in [0.2, 0.25) is 0 Å². The fourth-order valence-corrected chi connectivity index (χ4v) is 2.14. The van der Waals surface area contributed by atoms with Gasteiger partial charge in [0.1, 0.15) is 5.82 Å². The van der Waals surface area contributed by atoms with Crippen LogP contribution in [0.4, 0.5) is 0 Å². The highest BCUT2D eigenvalue weighted by Gasteiger charge is 2.08. The largest absolute Gasteiger partial charge is 0.342 e. The Morgan fingerprint density at radius 1 is 1.18 bits per heavy atom. The molecule has 0 aliphatic carbocycles. The van der Waals surface area contributed by atoms with E-state index in [-0.39, 0.29) is 0 Å². The fourth-order valence-electron chi connectivity index (χ4n) is 1.96. The summed E-state index contributed by atoms with van der Waals surface area (Å²) in [7, 11) is 0. The molecule has 0 saturated carbocycles. The molecule has 17 heavy (non-hydrogen) atoms. The second-order valence-corrected chi connectivity index (χ2v) is 4.74. The van der Waals surface area contributed by atoms with Crippen LogP contribution in [0.2, 0.25) is 0 Å². The first-order chi connectivity index (χ1) is 8.13. The summed E-state index contributed by atoms with van der Waals surface area (Å²) in [4.78, 5) is 7.66. The number of H-pyrrole nitrogens is 1. The minimum absolute atomic E-state index is 0.596. The SMILES string of the molecule is Cc1ccc(-c2cnc(CCCl)[nH]2)c(C)c1C. The Morgan fingerprint density at radius 3 is 2.65 bits per heavy atom. The summed E-state index contributed by atoms with van der Waals surface area (Å²) in [6.07, 6.45) is 2.67. The lowest BCUT2D eigenvalue weighted by Gasteiger charge is -2.09. The van der Waals surface area contributed by atoms with Crippen LogP contribution >= 0.6 is 11.6 Å². The molecule has 0 spiro atoms. The third-order valence-electron chi connectivity index (χ3n) is 3.31. The predicted octanol–water partition coefficient (Wildman–Crippen LogP) is 3.78. The van der Waals surface area contributed by atoms with Crippen LogP contribution in [0.15, 0.2) is 18.3 Å². The van der Waals surface area contributed by atoms with E-state index in [1.165, 1.54) is 22.3 Å². The quantitative estimate of drug-likeness (QED) is 0.823. The maximum atomic E-state index is 5.71. The summed E-state index contributed by atoms with van der Waals surface area (Å²) in [5.74, 6) is 1.55. The summed E-state index contributed by atoms with van der Waals surface area (Å²) in [6.45, 7) is 6.45. The molecule has 2 rings (SSSR count). The number of alkyl halides is 1. The van der Waals surface area contributed by atoms with E-state index in [4.69, 9.17) is 11.6 Å². The van der Waals surface area contributed by atoms with Crippen LogP contribution in [0, 0.1) is 20.8 Å². The average molecular weight is 249 g/mol. The first kappa shape index (κ1) is 12.2. The number of rotatable bonds is 3. The normalized spacial score (nSPS) is 10.8. The molecule has 0 bridgehead atoms. The zero-order valence-electron chi connectivity index (χ0n) is 10.5. The molecule has 1 aromatic heterocycles. The molecule has 0 aliphatic heterocycles. The molecule has 3 heteroatoms. The predicted molar refractivity (Wildman–Crippen MR) is 72.7 cm³/mol. The minimum Gasteiger partial charge on any atom is -0.342 e. The number of benzene rings is 1. The summed E-state index contributed by atoms with van der Waals surface area (Å²) < 4.78 is 0. The first-order valence-electron chi connectivity index (χ1n) is 5.80. The maximum absolute atomic E-state index is 5.71. The second-order valence-electron chi connectivity index (χ2n) is 4.36. The Bertz CT molecular complexity index is 529. The van der Waals surface area contributed by atoms with Crippen molar-refractivity contribution in [3.05, 3.63) is 40.8 Å². The van der Waals surface area contributed by atoms with Crippen LogP contribution in [0.3, 0.4) is 0 Å². The van der Waals surface area contributed by atoms with Gasteiger partial charge in [0, 0.05) is 17.9 Å². The van der Waals surface area contributed by atoms with Crippen molar-refractivity contribution >= 4 is 11.6 Å². The number of hydrogen-bond acceptors (Lipinski definition) is 1. The van der Waals surface area contributed by atoms with Crippen LogP contribution in [0.1, 0.15) is 22.5 Å². The molecule has 1 aromatic carbocycles. The van der Waals surface area contributed by atoms with E-state index in [1.54, 1.807) is 0 Å². The highest BCUT2D eigenvalue weighted by molar-refractivity contribution is 6.17. The second kappa shape index (κ2) is 4.92. The van der Waals surface area contributed by atoms with Crippen LogP contribution in [0.25, 0.3) is 11.3 Å². The summed E-state index contributed by atoms with van der Waals surface area (Å²) in [6, 6.07) is 4.30. The van der Waals surface area contributed by atoms with Crippen molar-refractivity contribution in [1.29, 1.82) is 0 Å². The van der Waals surface area contributed by atoms with Crippen LogP contribution in [0.5, 0.6) is 0 Å². The Morgan fingerprint density at radius 2 is 1.94 bits per heavy atom. The zero-order valence-corrected chi connectivity index (χ0v) is 11.2. The minimum atomic E-state index is 0.596. The van der Waals surface area contributed by atoms with E-state index in [2.05, 4.69) is 42.9 Å². The molecule has 0 radical (unpaired) electrons. The molecule has 0 atom stereocenters. The molecule has 2 nitrogen and oxygen atoms in total. The van der Waals surface area contributed by atoms with E-state index in [0.717, 1.165) is 17.9 Å². The molecule has 1 heterocycles. The van der Waals surface area contributed by atoms with Crippen molar-refractivity contribution in [2.45, 2.75) is 27.2 Å². The smallest absolute Gasteiger partial charge is 0.107 e. The van der Waals surface area contributed by atoms with Gasteiger partial charge >= 0.3 is 0 Å². The van der Waals surface area contributed by atoms with Gasteiger partial charge in [0.15, 0.2) is 0 Å². The van der Waals surface area contributed by atoms with Crippen molar-refractivity contribution in [3.63, 3.8) is 0 Å². The third-order valence-corrected chi connectivity index (χ3v) is 3.50. The van der Waals surface area contributed by atoms with E-state index >= 15 is 0 Å². The Hall–Kier alpha value is -1.28. The number of nitrogens with one attached hydrogen (secondary N) is 1. The summed E-state index contributed by atoms with van der Waals surface area (Å²) >= 11 is 5.71. The van der Waals surface area contributed by atoms with Crippen LogP contribution in [-0.4, -0.2) is 15.8 Å². The molecular formula is C14H17ClN2. The first-order valence-corrected chi connectivity index (χ1v) is 6.34. The molecule has 90 valence electrons. The van der Waals surface area contributed by atoms with E-state index in [1.807, 2.05) is 6.20 Å². The number of hydrogen-bond donors (Lipinski definition) is 1. The number of aryl methyl sites for hydroxylation is 2. The summed E-state index contributed by atoms with van der Waals surface area (Å²) in [5.41, 5.74) is 6.28. The molecule has 0 aliphatic rings. The van der Waals surface area contributed by atoms with E-state index in [9.17, 15) is 0 Å². The number of nitrogens with zero attached hydrogens (tertiary/aromatic N) is 1. The molecule has 2 aromatic rings. The Balaban J connectivity index is 2.42. The number of imidazole rings is 1. The van der Waals surface area contributed by atoms with Gasteiger partial charge in [-0.2, -0.15) is 0 Å². The van der Waals surface area contributed by atoms with Crippen molar-refractivity contribution in [1.82, 2.24) is 9.97 Å². The lowest BCUT2D eigenvalue weighted by molar-refractivity contribution is 0.996. The van der Waals surface area contributed by atoms with Gasteiger partial charge in [-0.3, -0.25) is 0 Å². The zero-order chi connectivity index (χ0) is 12.4. The lowest BCUT2D eigenvalue weighted by Crippen LogP contribution is -1.92. The van der Waals surface area contributed by atoms with Crippen molar-refractivity contribution < 1.29 is 0 Å². The molecule has 0 amide bonds. The third kappa shape index (κ3) is 2.37. The number of aromatic nitrogens is 2. The van der Waals surface area contributed by atoms with Gasteiger partial charge in [-0.1, -0.05) is 12.1 Å². The van der Waals surface area contributed by atoms with Gasteiger partial charge in [-0.05, 0) is 37.5 Å². The molecular weight excluding hydrogens is 232 g/mol. The highest BCUT2D eigenvalue weighted by Crippen LogP contribution is 2.26.